The molecule has 0 saturated carbocycles. The van der Waals surface area contributed by atoms with Gasteiger partial charge in [-0.15, -0.1) is 0 Å². The molecular weight excluding hydrogens is 455 g/mol. The first-order chi connectivity index (χ1) is 12.5. The Morgan fingerprint density at radius 2 is 1.04 bits per heavy atom. The molecule has 6 nitrogen and oxygen atoms in total. The average Bonchev–Trinajstić information content (AvgIpc) is 2.54. The van der Waals surface area contributed by atoms with Gasteiger partial charge in [0.05, 0.1) is 11.5 Å². The fraction of sp³-hybridized carbons (Fsp3) is 0.250. The highest BCUT2D eigenvalue weighted by Gasteiger charge is 2.38. The van der Waals surface area contributed by atoms with Gasteiger partial charge in [-0.2, -0.15) is 9.44 Å². The fourth-order valence-electron chi connectivity index (χ4n) is 2.19. The number of halogens is 3. The maximum atomic E-state index is 12.4. The first-order valence-electron chi connectivity index (χ1n) is 7.61. The van der Waals surface area contributed by atoms with E-state index in [4.69, 9.17) is 34.8 Å². The van der Waals surface area contributed by atoms with Crippen molar-refractivity contribution in [1.29, 1.82) is 0 Å². The zero-order chi connectivity index (χ0) is 20.1. The van der Waals surface area contributed by atoms with Crippen molar-refractivity contribution in [3.63, 3.8) is 0 Å². The third kappa shape index (κ3) is 7.95. The van der Waals surface area contributed by atoms with E-state index in [-0.39, 0.29) is 0 Å². The molecule has 11 heteroatoms. The van der Waals surface area contributed by atoms with Crippen LogP contribution in [0.25, 0.3) is 0 Å². The van der Waals surface area contributed by atoms with Crippen LogP contribution >= 0.6 is 34.8 Å². The van der Waals surface area contributed by atoms with Crippen molar-refractivity contribution >= 4 is 54.8 Å². The second kappa shape index (κ2) is 9.09. The minimum Gasteiger partial charge on any atom is -0.212 e. The van der Waals surface area contributed by atoms with Crippen molar-refractivity contribution in [1.82, 2.24) is 9.44 Å². The predicted molar refractivity (Wildman–Crippen MR) is 108 cm³/mol. The summed E-state index contributed by atoms with van der Waals surface area (Å²) < 4.78 is 51.5. The smallest absolute Gasteiger partial charge is 0.212 e. The Morgan fingerprint density at radius 3 is 1.33 bits per heavy atom. The minimum absolute atomic E-state index is 0.397. The molecule has 0 radical (unpaired) electrons. The van der Waals surface area contributed by atoms with E-state index in [0.29, 0.717) is 11.1 Å². The molecule has 2 N–H and O–H groups in total. The zero-order valence-corrected chi connectivity index (χ0v) is 17.7. The molecule has 0 aliphatic heterocycles. The Labute approximate surface area is 173 Å². The number of rotatable bonds is 8. The van der Waals surface area contributed by atoms with Gasteiger partial charge in [-0.25, -0.2) is 16.8 Å². The van der Waals surface area contributed by atoms with Gasteiger partial charge in [0.25, 0.3) is 0 Å². The lowest BCUT2D eigenvalue weighted by molar-refractivity contribution is 0.518. The minimum atomic E-state index is -3.99. The first kappa shape index (κ1) is 22.4. The second-order valence-corrected chi connectivity index (χ2v) is 11.6. The molecule has 27 heavy (non-hydrogen) atoms. The lowest BCUT2D eigenvalue weighted by Crippen LogP contribution is -2.55. The maximum Gasteiger partial charge on any atom is 0.220 e. The van der Waals surface area contributed by atoms with Gasteiger partial charge in [-0.1, -0.05) is 95.5 Å². The summed E-state index contributed by atoms with van der Waals surface area (Å²) in [6, 6.07) is 16.7. The molecule has 0 heterocycles. The number of alkyl halides is 3. The van der Waals surface area contributed by atoms with Crippen LogP contribution in [0, 0.1) is 0 Å². The fourth-order valence-corrected chi connectivity index (χ4v) is 5.60. The summed E-state index contributed by atoms with van der Waals surface area (Å²) in [4.78, 5) is 0. The van der Waals surface area contributed by atoms with E-state index in [1.54, 1.807) is 60.7 Å². The molecule has 0 aliphatic carbocycles. The molecule has 0 unspecified atom stereocenters. The van der Waals surface area contributed by atoms with Crippen molar-refractivity contribution in [2.45, 2.75) is 21.5 Å². The van der Waals surface area contributed by atoms with Gasteiger partial charge in [0.1, 0.15) is 6.17 Å². The van der Waals surface area contributed by atoms with Crippen LogP contribution in [-0.4, -0.2) is 26.8 Å². The number of sulfonamides is 2. The molecule has 0 aliphatic rings. The van der Waals surface area contributed by atoms with Gasteiger partial charge < -0.3 is 0 Å². The van der Waals surface area contributed by atoms with Crippen LogP contribution < -0.4 is 9.44 Å². The number of benzene rings is 2. The molecule has 0 amide bonds. The van der Waals surface area contributed by atoms with Crippen LogP contribution in [0.5, 0.6) is 0 Å². The van der Waals surface area contributed by atoms with Crippen molar-refractivity contribution in [3.05, 3.63) is 71.8 Å². The lowest BCUT2D eigenvalue weighted by Gasteiger charge is -2.26. The second-order valence-electron chi connectivity index (χ2n) is 5.70. The van der Waals surface area contributed by atoms with Crippen LogP contribution in [0.3, 0.4) is 0 Å². The Bertz CT molecular complexity index is 875. The van der Waals surface area contributed by atoms with Crippen molar-refractivity contribution in [2.24, 2.45) is 0 Å². The molecular formula is C16H17Cl3N2O4S2. The number of hydrogen-bond acceptors (Lipinski definition) is 4. The standard InChI is InChI=1S/C16H17Cl3N2O4S2/c17-16(18,19)15(20-26(22,23)11-13-7-3-1-4-8-13)21-27(24,25)12-14-9-5-2-6-10-14/h1-10,15,20-21H,11-12H2. The van der Waals surface area contributed by atoms with Gasteiger partial charge in [0.15, 0.2) is 0 Å². The number of nitrogens with one attached hydrogen (secondary N) is 2. The van der Waals surface area contributed by atoms with Gasteiger partial charge in [0, 0.05) is 0 Å². The summed E-state index contributed by atoms with van der Waals surface area (Å²) in [5.41, 5.74) is 1.00. The number of hydrogen-bond donors (Lipinski definition) is 2. The summed E-state index contributed by atoms with van der Waals surface area (Å²) in [6.07, 6.45) is -1.68. The van der Waals surface area contributed by atoms with E-state index in [2.05, 4.69) is 9.44 Å². The molecule has 148 valence electrons. The average molecular weight is 472 g/mol. The van der Waals surface area contributed by atoms with Gasteiger partial charge in [0.2, 0.25) is 23.8 Å². The highest BCUT2D eigenvalue weighted by molar-refractivity contribution is 7.89. The molecule has 0 aromatic heterocycles. The monoisotopic (exact) mass is 470 g/mol. The zero-order valence-electron chi connectivity index (χ0n) is 13.8. The van der Waals surface area contributed by atoms with E-state index >= 15 is 0 Å². The SMILES string of the molecule is O=S(=O)(Cc1ccccc1)NC(NS(=O)(=O)Cc1ccccc1)C(Cl)(Cl)Cl. The topological polar surface area (TPSA) is 92.3 Å². The Morgan fingerprint density at radius 1 is 0.704 bits per heavy atom. The normalized spacial score (nSPS) is 13.0. The molecule has 2 aromatic rings. The molecule has 0 saturated heterocycles. The largest absolute Gasteiger partial charge is 0.220 e. The summed E-state index contributed by atoms with van der Waals surface area (Å²) in [6.45, 7) is 0. The first-order valence-corrected chi connectivity index (χ1v) is 12.1. The van der Waals surface area contributed by atoms with Crippen LogP contribution in [0.1, 0.15) is 11.1 Å². The van der Waals surface area contributed by atoms with E-state index in [9.17, 15) is 16.8 Å². The lowest BCUT2D eigenvalue weighted by atomic mass is 10.2. The maximum absolute atomic E-state index is 12.4. The van der Waals surface area contributed by atoms with E-state index in [1.807, 2.05) is 0 Å². The molecule has 0 bridgehead atoms. The third-order valence-electron chi connectivity index (χ3n) is 3.32. The molecule has 2 aromatic carbocycles. The summed E-state index contributed by atoms with van der Waals surface area (Å²) >= 11 is 17.4. The highest BCUT2D eigenvalue weighted by Crippen LogP contribution is 2.30. The van der Waals surface area contributed by atoms with Crippen LogP contribution in [0.15, 0.2) is 60.7 Å². The predicted octanol–water partition coefficient (Wildman–Crippen LogP) is 2.92. The van der Waals surface area contributed by atoms with E-state index in [1.165, 1.54) is 0 Å². The van der Waals surface area contributed by atoms with Gasteiger partial charge in [-0.05, 0) is 11.1 Å². The van der Waals surface area contributed by atoms with E-state index < -0.39 is 41.5 Å². The van der Waals surface area contributed by atoms with Gasteiger partial charge >= 0.3 is 0 Å². The third-order valence-corrected chi connectivity index (χ3v) is 6.59. The van der Waals surface area contributed by atoms with Crippen LogP contribution in [0.4, 0.5) is 0 Å². The Hall–Kier alpha value is -0.870. The van der Waals surface area contributed by atoms with Crippen LogP contribution in [-0.2, 0) is 31.6 Å². The summed E-state index contributed by atoms with van der Waals surface area (Å²) in [5, 5.41) is 0. The van der Waals surface area contributed by atoms with E-state index in [0.717, 1.165) is 0 Å². The van der Waals surface area contributed by atoms with Crippen LogP contribution in [0.2, 0.25) is 0 Å². The van der Waals surface area contributed by atoms with Crippen molar-refractivity contribution in [3.8, 4) is 0 Å². The summed E-state index contributed by atoms with van der Waals surface area (Å²) in [5.74, 6) is -0.795. The van der Waals surface area contributed by atoms with Crippen molar-refractivity contribution in [2.75, 3.05) is 0 Å². The summed E-state index contributed by atoms with van der Waals surface area (Å²) in [7, 11) is -7.99. The highest BCUT2D eigenvalue weighted by atomic mass is 35.6. The molecule has 0 fully saturated rings. The van der Waals surface area contributed by atoms with Gasteiger partial charge in [-0.3, -0.25) is 0 Å². The quantitative estimate of drug-likeness (QED) is 0.457. The Kier molecular flexibility index (Phi) is 7.54. The molecule has 0 spiro atoms. The Balaban J connectivity index is 2.15. The van der Waals surface area contributed by atoms with Crippen molar-refractivity contribution < 1.29 is 16.8 Å². The molecule has 2 rings (SSSR count). The molecule has 0 atom stereocenters.